The van der Waals surface area contributed by atoms with Gasteiger partial charge < -0.3 is 10.2 Å². The molecule has 100 valence electrons. The van der Waals surface area contributed by atoms with Crippen LogP contribution in [0.4, 0.5) is 0 Å². The van der Waals surface area contributed by atoms with E-state index >= 15 is 0 Å². The number of furan rings is 1. The molecule has 0 saturated carbocycles. The second-order valence-electron chi connectivity index (χ2n) is 4.54. The van der Waals surface area contributed by atoms with Crippen LogP contribution in [0.2, 0.25) is 0 Å². The number of fused-ring (bicyclic) bond motifs is 1. The molecule has 0 fully saturated rings. The Balaban J connectivity index is 2.52. The van der Waals surface area contributed by atoms with Gasteiger partial charge in [0, 0.05) is 21.8 Å². The summed E-state index contributed by atoms with van der Waals surface area (Å²) in [7, 11) is 0. The predicted molar refractivity (Wildman–Crippen MR) is 79.8 cm³/mol. The van der Waals surface area contributed by atoms with Crippen molar-refractivity contribution in [2.24, 2.45) is 5.73 Å². The van der Waals surface area contributed by atoms with E-state index in [1.54, 1.807) is 13.1 Å². The van der Waals surface area contributed by atoms with E-state index in [4.69, 9.17) is 21.8 Å². The molecule has 0 atom stereocenters. The molecule has 2 heterocycles. The molecule has 0 aromatic carbocycles. The molecule has 0 saturated heterocycles. The molecule has 2 aromatic rings. The minimum atomic E-state index is 0.376. The van der Waals surface area contributed by atoms with Gasteiger partial charge in [-0.05, 0) is 25.5 Å². The lowest BCUT2D eigenvalue weighted by Gasteiger charge is -2.03. The SMILES string of the molecule is C=C(Cl)/C(=C(\C)N)c1cc2cc(CCC)ncc2o1. The van der Waals surface area contributed by atoms with Gasteiger partial charge in [-0.15, -0.1) is 0 Å². The lowest BCUT2D eigenvalue weighted by Crippen LogP contribution is -1.96. The largest absolute Gasteiger partial charge is 0.454 e. The van der Waals surface area contributed by atoms with Gasteiger partial charge in [-0.3, -0.25) is 4.98 Å². The number of hydrogen-bond donors (Lipinski definition) is 1. The summed E-state index contributed by atoms with van der Waals surface area (Å²) < 4.78 is 5.74. The molecule has 0 aliphatic rings. The molecular formula is C15H17ClN2O. The third kappa shape index (κ3) is 2.82. The Morgan fingerprint density at radius 3 is 2.79 bits per heavy atom. The molecule has 0 radical (unpaired) electrons. The fraction of sp³-hybridized carbons (Fsp3) is 0.267. The van der Waals surface area contributed by atoms with Gasteiger partial charge in [0.25, 0.3) is 0 Å². The van der Waals surface area contributed by atoms with Gasteiger partial charge in [-0.2, -0.15) is 0 Å². The predicted octanol–water partition coefficient (Wildman–Crippen LogP) is 4.22. The lowest BCUT2D eigenvalue weighted by atomic mass is 10.1. The lowest BCUT2D eigenvalue weighted by molar-refractivity contribution is 0.598. The third-order valence-corrected chi connectivity index (χ3v) is 3.07. The average Bonchev–Trinajstić information content (AvgIpc) is 2.70. The number of nitrogens with two attached hydrogens (primary N) is 1. The molecule has 4 heteroatoms. The van der Waals surface area contributed by atoms with E-state index in [-0.39, 0.29) is 0 Å². The first kappa shape index (κ1) is 13.7. The Hall–Kier alpha value is -1.74. The van der Waals surface area contributed by atoms with E-state index in [2.05, 4.69) is 18.5 Å². The van der Waals surface area contributed by atoms with Crippen LogP contribution in [0.5, 0.6) is 0 Å². The molecule has 2 aromatic heterocycles. The zero-order valence-corrected chi connectivity index (χ0v) is 11.9. The number of allylic oxidation sites excluding steroid dienone is 3. The van der Waals surface area contributed by atoms with Crippen LogP contribution < -0.4 is 5.73 Å². The van der Waals surface area contributed by atoms with Gasteiger partial charge in [0.15, 0.2) is 5.58 Å². The molecule has 19 heavy (non-hydrogen) atoms. The summed E-state index contributed by atoms with van der Waals surface area (Å²) in [5.74, 6) is 0.630. The maximum absolute atomic E-state index is 5.97. The van der Waals surface area contributed by atoms with Crippen molar-refractivity contribution in [3.8, 4) is 0 Å². The van der Waals surface area contributed by atoms with Gasteiger partial charge >= 0.3 is 0 Å². The zero-order chi connectivity index (χ0) is 14.0. The minimum Gasteiger partial charge on any atom is -0.454 e. The molecule has 2 N–H and O–H groups in total. The number of halogens is 1. The molecule has 3 nitrogen and oxygen atoms in total. The quantitative estimate of drug-likeness (QED) is 0.851. The van der Waals surface area contributed by atoms with E-state index in [1.165, 1.54) is 0 Å². The van der Waals surface area contributed by atoms with Crippen LogP contribution in [0.1, 0.15) is 31.7 Å². The molecule has 0 bridgehead atoms. The smallest absolute Gasteiger partial charge is 0.153 e. The number of aryl methyl sites for hydroxylation is 1. The number of nitrogens with zero attached hydrogens (tertiary/aromatic N) is 1. The third-order valence-electron chi connectivity index (χ3n) is 2.88. The standard InChI is InChI=1S/C15H17ClN2O/c1-4-5-12-6-11-7-13(19-14(11)8-18-12)15(9(2)16)10(3)17/h6-8H,2,4-5,17H2,1,3H3/b15-10-. The fourth-order valence-corrected chi connectivity index (χ4v) is 2.29. The van der Waals surface area contributed by atoms with Gasteiger partial charge in [0.05, 0.1) is 11.8 Å². The van der Waals surface area contributed by atoms with Crippen LogP contribution >= 0.6 is 11.6 Å². The Morgan fingerprint density at radius 2 is 2.21 bits per heavy atom. The van der Waals surface area contributed by atoms with Gasteiger partial charge in [-0.25, -0.2) is 0 Å². The van der Waals surface area contributed by atoms with Crippen LogP contribution in [-0.2, 0) is 6.42 Å². The van der Waals surface area contributed by atoms with Crippen molar-refractivity contribution in [1.29, 1.82) is 0 Å². The molecule has 0 unspecified atom stereocenters. The average molecular weight is 277 g/mol. The van der Waals surface area contributed by atoms with Crippen LogP contribution in [0.25, 0.3) is 16.5 Å². The van der Waals surface area contributed by atoms with Crippen LogP contribution in [0.15, 0.2) is 40.1 Å². The number of pyridine rings is 1. The Kier molecular flexibility index (Phi) is 3.96. The molecule has 0 aliphatic carbocycles. The molecular weight excluding hydrogens is 260 g/mol. The number of aromatic nitrogens is 1. The van der Waals surface area contributed by atoms with Crippen molar-refractivity contribution in [3.05, 3.63) is 47.1 Å². The Bertz CT molecular complexity index is 651. The van der Waals surface area contributed by atoms with E-state index in [9.17, 15) is 0 Å². The number of hydrogen-bond acceptors (Lipinski definition) is 3. The highest BCUT2D eigenvalue weighted by Crippen LogP contribution is 2.31. The van der Waals surface area contributed by atoms with E-state index in [0.717, 1.165) is 29.5 Å². The summed E-state index contributed by atoms with van der Waals surface area (Å²) in [6.45, 7) is 7.62. The maximum Gasteiger partial charge on any atom is 0.153 e. The summed E-state index contributed by atoms with van der Waals surface area (Å²) in [5.41, 5.74) is 8.85. The monoisotopic (exact) mass is 276 g/mol. The molecule has 0 aliphatic heterocycles. The molecule has 2 rings (SSSR count). The normalized spacial score (nSPS) is 12.6. The summed E-state index contributed by atoms with van der Waals surface area (Å²) in [5, 5.41) is 1.38. The summed E-state index contributed by atoms with van der Waals surface area (Å²) in [6.07, 6.45) is 3.76. The van der Waals surface area contributed by atoms with E-state index in [1.807, 2.05) is 12.1 Å². The highest BCUT2D eigenvalue weighted by molar-refractivity contribution is 6.36. The van der Waals surface area contributed by atoms with Gasteiger partial charge in [0.2, 0.25) is 0 Å². The van der Waals surface area contributed by atoms with E-state index < -0.39 is 0 Å². The van der Waals surface area contributed by atoms with Crippen LogP contribution in [0.3, 0.4) is 0 Å². The molecule has 0 amide bonds. The van der Waals surface area contributed by atoms with Gasteiger partial charge in [-0.1, -0.05) is 31.5 Å². The first-order chi connectivity index (χ1) is 9.02. The van der Waals surface area contributed by atoms with Crippen molar-refractivity contribution in [1.82, 2.24) is 4.98 Å². The van der Waals surface area contributed by atoms with E-state index in [0.29, 0.717) is 22.1 Å². The highest BCUT2D eigenvalue weighted by Gasteiger charge is 2.13. The summed E-state index contributed by atoms with van der Waals surface area (Å²) in [6, 6.07) is 3.96. The van der Waals surface area contributed by atoms with Crippen molar-refractivity contribution in [2.75, 3.05) is 0 Å². The van der Waals surface area contributed by atoms with Crippen molar-refractivity contribution >= 4 is 28.1 Å². The zero-order valence-electron chi connectivity index (χ0n) is 11.2. The minimum absolute atomic E-state index is 0.376. The second kappa shape index (κ2) is 5.49. The maximum atomic E-state index is 5.97. The van der Waals surface area contributed by atoms with Crippen molar-refractivity contribution in [3.63, 3.8) is 0 Å². The summed E-state index contributed by atoms with van der Waals surface area (Å²) in [4.78, 5) is 4.36. The van der Waals surface area contributed by atoms with Gasteiger partial charge in [0.1, 0.15) is 5.76 Å². The van der Waals surface area contributed by atoms with Crippen molar-refractivity contribution < 1.29 is 4.42 Å². The first-order valence-corrected chi connectivity index (χ1v) is 6.60. The van der Waals surface area contributed by atoms with Crippen molar-refractivity contribution in [2.45, 2.75) is 26.7 Å². The topological polar surface area (TPSA) is 52.0 Å². The molecule has 0 spiro atoms. The van der Waals surface area contributed by atoms with Crippen LogP contribution in [0, 0.1) is 0 Å². The van der Waals surface area contributed by atoms with Crippen LogP contribution in [-0.4, -0.2) is 4.98 Å². The highest BCUT2D eigenvalue weighted by atomic mass is 35.5. The second-order valence-corrected chi connectivity index (χ2v) is 4.99. The Labute approximate surface area is 117 Å². The number of rotatable bonds is 4. The first-order valence-electron chi connectivity index (χ1n) is 6.23. The summed E-state index contributed by atoms with van der Waals surface area (Å²) >= 11 is 5.97. The Morgan fingerprint density at radius 1 is 1.47 bits per heavy atom. The fourth-order valence-electron chi connectivity index (χ4n) is 2.05.